The van der Waals surface area contributed by atoms with Crippen LogP contribution in [-0.4, -0.2) is 70.2 Å². The van der Waals surface area contributed by atoms with E-state index in [1.54, 1.807) is 23.7 Å². The number of nitrogens with zero attached hydrogens (tertiary/aromatic N) is 3. The van der Waals surface area contributed by atoms with E-state index in [2.05, 4.69) is 25.5 Å². The summed E-state index contributed by atoms with van der Waals surface area (Å²) >= 11 is 1.32. The molecule has 240 valence electrons. The fourth-order valence-corrected chi connectivity index (χ4v) is 6.62. The van der Waals surface area contributed by atoms with E-state index >= 15 is 0 Å². The number of amides is 2. The maximum atomic E-state index is 14.3. The van der Waals surface area contributed by atoms with E-state index in [1.807, 2.05) is 31.2 Å². The smallest absolute Gasteiger partial charge is 0.263 e. The number of hydrogen-bond acceptors (Lipinski definition) is 9. The van der Waals surface area contributed by atoms with E-state index in [4.69, 9.17) is 9.47 Å². The van der Waals surface area contributed by atoms with E-state index in [0.717, 1.165) is 42.0 Å². The van der Waals surface area contributed by atoms with Gasteiger partial charge in [0.05, 0.1) is 30.6 Å². The summed E-state index contributed by atoms with van der Waals surface area (Å²) in [6.45, 7) is 5.43. The molecule has 6 rings (SSSR count). The normalized spacial score (nSPS) is 18.6. The van der Waals surface area contributed by atoms with E-state index in [1.165, 1.54) is 11.3 Å². The van der Waals surface area contributed by atoms with Crippen molar-refractivity contribution >= 4 is 23.2 Å². The molecule has 0 atom stereocenters. The number of thiazole rings is 1. The third-order valence-electron chi connectivity index (χ3n) is 8.36. The van der Waals surface area contributed by atoms with Gasteiger partial charge in [-0.15, -0.1) is 11.3 Å². The van der Waals surface area contributed by atoms with Gasteiger partial charge < -0.3 is 25.2 Å². The predicted octanol–water partition coefficient (Wildman–Crippen LogP) is 5.45. The van der Waals surface area contributed by atoms with Crippen LogP contribution in [0.5, 0.6) is 17.4 Å². The quantitative estimate of drug-likeness (QED) is 0.219. The monoisotopic (exact) mass is 645 g/mol. The van der Waals surface area contributed by atoms with Gasteiger partial charge >= 0.3 is 0 Å². The lowest BCUT2D eigenvalue weighted by atomic mass is 9.91. The maximum absolute atomic E-state index is 14.3. The van der Waals surface area contributed by atoms with Crippen LogP contribution >= 0.6 is 11.3 Å². The molecule has 3 heterocycles. The van der Waals surface area contributed by atoms with Crippen molar-refractivity contribution in [1.29, 1.82) is 0 Å². The van der Waals surface area contributed by atoms with Crippen molar-refractivity contribution in [3.05, 3.63) is 87.8 Å². The van der Waals surface area contributed by atoms with Crippen LogP contribution in [0.4, 0.5) is 4.39 Å². The fourth-order valence-electron chi connectivity index (χ4n) is 5.92. The SMILES string of the molecule is Cc1ncsc1C(=O)N[C@H]1CC[C@H](NC(=O)c2cc(F)cnc2Oc2cccc(-c3ccc(O)cc3CN3CCOCC3)c2)CC1. The maximum Gasteiger partial charge on any atom is 0.263 e. The Labute approximate surface area is 270 Å². The number of phenols is 1. The average Bonchev–Trinajstić information content (AvgIpc) is 3.49. The molecule has 46 heavy (non-hydrogen) atoms. The number of pyridine rings is 1. The number of carbonyl (C=O) groups is 2. The first-order chi connectivity index (χ1) is 22.3. The zero-order valence-corrected chi connectivity index (χ0v) is 26.3. The summed E-state index contributed by atoms with van der Waals surface area (Å²) in [6.07, 6.45) is 3.76. The summed E-state index contributed by atoms with van der Waals surface area (Å²) in [5.74, 6) is -0.623. The minimum absolute atomic E-state index is 0.000797. The number of ether oxygens (including phenoxy) is 2. The van der Waals surface area contributed by atoms with Gasteiger partial charge in [0, 0.05) is 31.7 Å². The molecule has 1 saturated carbocycles. The van der Waals surface area contributed by atoms with Gasteiger partial charge in [-0.3, -0.25) is 14.5 Å². The number of nitrogens with one attached hydrogen (secondary N) is 2. The van der Waals surface area contributed by atoms with Gasteiger partial charge in [-0.05, 0) is 79.6 Å². The van der Waals surface area contributed by atoms with Gasteiger partial charge in [0.1, 0.15) is 27.8 Å². The molecule has 1 aliphatic carbocycles. The molecule has 0 radical (unpaired) electrons. The highest BCUT2D eigenvalue weighted by molar-refractivity contribution is 7.11. The molecule has 2 amide bonds. The van der Waals surface area contributed by atoms with Crippen molar-refractivity contribution < 1.29 is 28.6 Å². The van der Waals surface area contributed by atoms with Crippen molar-refractivity contribution in [2.24, 2.45) is 0 Å². The first-order valence-electron chi connectivity index (χ1n) is 15.4. The Morgan fingerprint density at radius 1 is 1.02 bits per heavy atom. The van der Waals surface area contributed by atoms with Crippen LogP contribution in [-0.2, 0) is 11.3 Å². The summed E-state index contributed by atoms with van der Waals surface area (Å²) < 4.78 is 25.9. The molecule has 1 aliphatic heterocycles. The summed E-state index contributed by atoms with van der Waals surface area (Å²) in [4.78, 5) is 37.1. The predicted molar refractivity (Wildman–Crippen MR) is 172 cm³/mol. The number of phenolic OH excluding ortho intramolecular Hbond substituents is 1. The minimum Gasteiger partial charge on any atom is -0.508 e. The van der Waals surface area contributed by atoms with Crippen molar-refractivity contribution in [2.75, 3.05) is 26.3 Å². The summed E-state index contributed by atoms with van der Waals surface area (Å²) in [7, 11) is 0. The number of hydrogen-bond donors (Lipinski definition) is 3. The molecule has 0 bridgehead atoms. The number of aromatic hydroxyl groups is 1. The first kappa shape index (κ1) is 31.6. The van der Waals surface area contributed by atoms with E-state index < -0.39 is 11.7 Å². The van der Waals surface area contributed by atoms with Crippen LogP contribution in [0.15, 0.2) is 60.2 Å². The zero-order valence-electron chi connectivity index (χ0n) is 25.5. The highest BCUT2D eigenvalue weighted by Gasteiger charge is 2.27. The fraction of sp³-hybridized carbons (Fsp3) is 0.353. The lowest BCUT2D eigenvalue weighted by Crippen LogP contribution is -2.43. The molecule has 0 spiro atoms. The topological polar surface area (TPSA) is 126 Å². The highest BCUT2D eigenvalue weighted by atomic mass is 32.1. The van der Waals surface area contributed by atoms with E-state index in [0.29, 0.717) is 61.8 Å². The van der Waals surface area contributed by atoms with Gasteiger partial charge in [0.2, 0.25) is 5.88 Å². The summed E-state index contributed by atoms with van der Waals surface area (Å²) in [5, 5.41) is 16.3. The summed E-state index contributed by atoms with van der Waals surface area (Å²) in [5.41, 5.74) is 5.14. The van der Waals surface area contributed by atoms with Gasteiger partial charge in [-0.1, -0.05) is 18.2 Å². The number of aryl methyl sites for hydroxylation is 1. The number of rotatable bonds is 9. The van der Waals surface area contributed by atoms with Gasteiger partial charge in [0.25, 0.3) is 11.8 Å². The number of aromatic nitrogens is 2. The molecular weight excluding hydrogens is 609 g/mol. The number of benzene rings is 2. The van der Waals surface area contributed by atoms with Crippen molar-refractivity contribution in [3.63, 3.8) is 0 Å². The molecule has 12 heteroatoms. The van der Waals surface area contributed by atoms with Crippen LogP contribution < -0.4 is 15.4 Å². The zero-order chi connectivity index (χ0) is 32.0. The van der Waals surface area contributed by atoms with Gasteiger partial charge in [-0.25, -0.2) is 14.4 Å². The largest absolute Gasteiger partial charge is 0.508 e. The standard InChI is InChI=1S/C34H36FN5O5S/c1-21-31(46-20-37-21)33(43)39-26-7-5-25(6-8-26)38-32(42)30-17-24(35)18-36-34(30)45-28-4-2-3-22(16-28)29-10-9-27(41)15-23(29)19-40-11-13-44-14-12-40/h2-4,9-10,15-18,20,25-26,41H,5-8,11-14,19H2,1H3,(H,38,42)(H,39,43)/t25-,26-. The number of halogens is 1. The number of morpholine rings is 1. The Bertz CT molecular complexity index is 1700. The van der Waals surface area contributed by atoms with Crippen molar-refractivity contribution in [2.45, 2.75) is 51.2 Å². The summed E-state index contributed by atoms with van der Waals surface area (Å²) in [6, 6.07) is 13.7. The minimum atomic E-state index is -0.645. The van der Waals surface area contributed by atoms with Crippen LogP contribution in [0.25, 0.3) is 11.1 Å². The molecule has 2 aromatic heterocycles. The first-order valence-corrected chi connectivity index (χ1v) is 16.3. The molecule has 2 aromatic carbocycles. The second-order valence-corrected chi connectivity index (χ2v) is 12.5. The lowest BCUT2D eigenvalue weighted by Gasteiger charge is -2.29. The molecule has 10 nitrogen and oxygen atoms in total. The van der Waals surface area contributed by atoms with Crippen molar-refractivity contribution in [3.8, 4) is 28.5 Å². The molecule has 2 aliphatic rings. The Kier molecular flexibility index (Phi) is 9.86. The molecular formula is C34H36FN5O5S. The number of carbonyl (C=O) groups excluding carboxylic acids is 2. The Morgan fingerprint density at radius 3 is 2.48 bits per heavy atom. The highest BCUT2D eigenvalue weighted by Crippen LogP contribution is 2.33. The third-order valence-corrected chi connectivity index (χ3v) is 9.29. The lowest BCUT2D eigenvalue weighted by molar-refractivity contribution is 0.0342. The molecule has 2 fully saturated rings. The van der Waals surface area contributed by atoms with Crippen LogP contribution in [0.3, 0.4) is 0 Å². The molecule has 4 aromatic rings. The van der Waals surface area contributed by atoms with Crippen molar-refractivity contribution in [1.82, 2.24) is 25.5 Å². The molecule has 3 N–H and O–H groups in total. The second kappa shape index (κ2) is 14.4. The molecule has 1 saturated heterocycles. The second-order valence-electron chi connectivity index (χ2n) is 11.6. The van der Waals surface area contributed by atoms with Crippen LogP contribution in [0, 0.1) is 12.7 Å². The Balaban J connectivity index is 1.12. The van der Waals surface area contributed by atoms with E-state index in [9.17, 15) is 19.1 Å². The molecule has 0 unspecified atom stereocenters. The van der Waals surface area contributed by atoms with Gasteiger partial charge in [0.15, 0.2) is 0 Å². The van der Waals surface area contributed by atoms with E-state index in [-0.39, 0.29) is 35.2 Å². The average molecular weight is 646 g/mol. The Morgan fingerprint density at radius 2 is 1.76 bits per heavy atom. The Hall–Kier alpha value is -4.39. The van der Waals surface area contributed by atoms with Gasteiger partial charge in [-0.2, -0.15) is 0 Å². The van der Waals surface area contributed by atoms with Crippen LogP contribution in [0.1, 0.15) is 57.0 Å². The third kappa shape index (κ3) is 7.69. The van der Waals surface area contributed by atoms with Crippen LogP contribution in [0.2, 0.25) is 0 Å².